The van der Waals surface area contributed by atoms with Gasteiger partial charge in [0.05, 0.1) is 16.0 Å². The van der Waals surface area contributed by atoms with Crippen molar-refractivity contribution >= 4 is 27.7 Å². The predicted molar refractivity (Wildman–Crippen MR) is 141 cm³/mol. The minimum atomic E-state index is -3.49. The van der Waals surface area contributed by atoms with Crippen LogP contribution in [0.3, 0.4) is 0 Å². The quantitative estimate of drug-likeness (QED) is 0.488. The van der Waals surface area contributed by atoms with Gasteiger partial charge in [-0.15, -0.1) is 0 Å². The number of nitrogens with one attached hydrogen (secondary N) is 2. The molecule has 0 unspecified atom stereocenters. The van der Waals surface area contributed by atoms with Crippen LogP contribution in [-0.2, 0) is 19.4 Å². The number of amides is 3. The van der Waals surface area contributed by atoms with E-state index in [0.29, 0.717) is 25.8 Å². The first-order valence-corrected chi connectivity index (χ1v) is 14.8. The van der Waals surface area contributed by atoms with E-state index in [1.165, 1.54) is 4.90 Å². The number of urea groups is 1. The van der Waals surface area contributed by atoms with Crippen LogP contribution in [0, 0.1) is 17.3 Å². The Morgan fingerprint density at radius 2 is 1.58 bits per heavy atom. The van der Waals surface area contributed by atoms with Crippen LogP contribution in [0.4, 0.5) is 4.79 Å². The number of carbonyl (C=O) groups excluding carboxylic acids is 3. The van der Waals surface area contributed by atoms with Crippen molar-refractivity contribution in [3.8, 4) is 0 Å². The van der Waals surface area contributed by atoms with E-state index in [1.54, 1.807) is 20.8 Å². The Morgan fingerprint density at radius 3 is 2.03 bits per heavy atom. The van der Waals surface area contributed by atoms with Crippen molar-refractivity contribution in [2.75, 3.05) is 12.3 Å². The van der Waals surface area contributed by atoms with E-state index < -0.39 is 49.6 Å². The van der Waals surface area contributed by atoms with E-state index in [-0.39, 0.29) is 23.5 Å². The molecule has 0 aromatic heterocycles. The fourth-order valence-electron chi connectivity index (χ4n) is 5.43. The number of hydrogen-bond acceptors (Lipinski definition) is 5. The lowest BCUT2D eigenvalue weighted by molar-refractivity contribution is -0.151. The van der Waals surface area contributed by atoms with Crippen molar-refractivity contribution in [3.63, 3.8) is 0 Å². The average molecular weight is 531 g/mol. The summed E-state index contributed by atoms with van der Waals surface area (Å²) in [6.07, 6.45) is 4.37. The molecule has 0 aromatic rings. The zero-order valence-corrected chi connectivity index (χ0v) is 24.2. The molecule has 4 N–H and O–H groups in total. The molecular weight excluding hydrogens is 482 g/mol. The van der Waals surface area contributed by atoms with Crippen LogP contribution in [0.15, 0.2) is 0 Å². The number of sulfone groups is 1. The minimum absolute atomic E-state index is 0.0958. The zero-order chi connectivity index (χ0) is 27.7. The highest BCUT2D eigenvalue weighted by atomic mass is 32.2. The molecule has 0 bridgehead atoms. The van der Waals surface area contributed by atoms with Gasteiger partial charge >= 0.3 is 12.0 Å². The van der Waals surface area contributed by atoms with Crippen LogP contribution in [0.2, 0.25) is 0 Å². The van der Waals surface area contributed by atoms with Gasteiger partial charge in [-0.25, -0.2) is 13.2 Å². The molecular formula is C26H48N3O6S+. The number of nitrogens with zero attached hydrogens (tertiary/aromatic N) is 1. The number of likely N-dealkylation sites (tertiary alicyclic amines) is 1. The second-order valence-corrected chi connectivity index (χ2v) is 15.9. The maximum atomic E-state index is 13.7. The molecule has 10 heteroatoms. The smallest absolute Gasteiger partial charge is 0.539 e. The molecule has 0 spiro atoms. The van der Waals surface area contributed by atoms with Gasteiger partial charge in [0.2, 0.25) is 5.91 Å². The van der Waals surface area contributed by atoms with Crippen LogP contribution >= 0.6 is 0 Å². The molecule has 9 nitrogen and oxygen atoms in total. The third-order valence-electron chi connectivity index (χ3n) is 7.83. The Kier molecular flexibility index (Phi) is 9.18. The first kappa shape index (κ1) is 30.4. The van der Waals surface area contributed by atoms with Gasteiger partial charge in [0.1, 0.15) is 6.04 Å². The molecule has 2 rings (SSSR count). The van der Waals surface area contributed by atoms with Crippen LogP contribution in [-0.4, -0.2) is 71.0 Å². The zero-order valence-electron chi connectivity index (χ0n) is 23.4. The fourth-order valence-corrected chi connectivity index (χ4v) is 6.96. The van der Waals surface area contributed by atoms with Gasteiger partial charge in [-0.05, 0) is 51.4 Å². The predicted octanol–water partition coefficient (Wildman–Crippen LogP) is 2.74. The second-order valence-electron chi connectivity index (χ2n) is 13.1. The molecule has 2 fully saturated rings. The molecule has 2 aliphatic rings. The molecule has 1 heterocycles. The Bertz CT molecular complexity index is 926. The molecule has 1 aliphatic carbocycles. The van der Waals surface area contributed by atoms with Crippen LogP contribution in [0.5, 0.6) is 0 Å². The summed E-state index contributed by atoms with van der Waals surface area (Å²) in [5.41, 5.74) is -1.56. The maximum absolute atomic E-state index is 13.7. The lowest BCUT2D eigenvalue weighted by atomic mass is 9.83. The molecule has 0 radical (unpaired) electrons. The normalized spacial score (nSPS) is 23.9. The lowest BCUT2D eigenvalue weighted by Gasteiger charge is -2.41. The van der Waals surface area contributed by atoms with Gasteiger partial charge in [-0.2, -0.15) is 0 Å². The lowest BCUT2D eigenvalue weighted by Crippen LogP contribution is -2.63. The largest absolute Gasteiger partial charge is 0.563 e. The molecule has 1 saturated carbocycles. The van der Waals surface area contributed by atoms with Crippen molar-refractivity contribution < 1.29 is 27.9 Å². The van der Waals surface area contributed by atoms with Gasteiger partial charge in [0.15, 0.2) is 15.9 Å². The fraction of sp³-hybridized carbons (Fsp3) is 0.885. The van der Waals surface area contributed by atoms with E-state index in [4.69, 9.17) is 5.11 Å². The third kappa shape index (κ3) is 6.92. The van der Waals surface area contributed by atoms with Gasteiger partial charge in [0, 0.05) is 17.3 Å². The van der Waals surface area contributed by atoms with Crippen LogP contribution in [0.25, 0.3) is 0 Å². The van der Waals surface area contributed by atoms with Crippen molar-refractivity contribution in [3.05, 3.63) is 0 Å². The summed E-state index contributed by atoms with van der Waals surface area (Å²) in [6.45, 7) is 14.8. The molecule has 0 aromatic carbocycles. The Morgan fingerprint density at radius 1 is 1.03 bits per heavy atom. The minimum Gasteiger partial charge on any atom is -0.563 e. The van der Waals surface area contributed by atoms with Crippen molar-refractivity contribution in [2.24, 2.45) is 17.3 Å². The summed E-state index contributed by atoms with van der Waals surface area (Å²) in [5.74, 6) is -1.27. The third-order valence-corrected chi connectivity index (χ3v) is 10.6. The maximum Gasteiger partial charge on any atom is 0.539 e. The topological polar surface area (TPSA) is 136 Å². The van der Waals surface area contributed by atoms with Crippen LogP contribution < -0.4 is 10.6 Å². The molecule has 1 aliphatic heterocycles. The summed E-state index contributed by atoms with van der Waals surface area (Å²) in [7, 11) is -3.49. The summed E-state index contributed by atoms with van der Waals surface area (Å²) in [4.78, 5) is 40.7. The molecule has 3 amide bonds. The SMILES string of the molecule is CC(C)[C@H]1CCN(C(=O)[C@@H](NC(=O)NC2(CS(=O)(=O)C(C)(C)C)CCCCC2)C(C)(C)C)[C@@H]1C(=O)[OH2+]. The van der Waals surface area contributed by atoms with E-state index in [1.807, 2.05) is 34.6 Å². The highest BCUT2D eigenvalue weighted by Gasteiger charge is 2.50. The first-order valence-electron chi connectivity index (χ1n) is 13.2. The highest BCUT2D eigenvalue weighted by Crippen LogP contribution is 2.34. The highest BCUT2D eigenvalue weighted by molar-refractivity contribution is 7.92. The molecule has 208 valence electrons. The van der Waals surface area contributed by atoms with Crippen molar-refractivity contribution in [2.45, 2.75) is 116 Å². The Balaban J connectivity index is 2.28. The van der Waals surface area contributed by atoms with E-state index in [0.717, 1.165) is 19.3 Å². The second kappa shape index (κ2) is 10.9. The van der Waals surface area contributed by atoms with E-state index in [2.05, 4.69) is 10.6 Å². The molecule has 36 heavy (non-hydrogen) atoms. The molecule has 1 saturated heterocycles. The van der Waals surface area contributed by atoms with Gasteiger partial charge < -0.3 is 20.6 Å². The Labute approximate surface area is 217 Å². The van der Waals surface area contributed by atoms with Crippen LogP contribution in [0.1, 0.15) is 93.9 Å². The number of carbonyl (C=O) groups is 3. The van der Waals surface area contributed by atoms with Crippen molar-refractivity contribution in [1.29, 1.82) is 0 Å². The number of rotatable bonds is 7. The Hall–Kier alpha value is -1.84. The van der Waals surface area contributed by atoms with Gasteiger partial charge in [-0.3, -0.25) is 4.79 Å². The summed E-state index contributed by atoms with van der Waals surface area (Å²) in [6, 6.07) is -2.35. The van der Waals surface area contributed by atoms with E-state index >= 15 is 0 Å². The summed E-state index contributed by atoms with van der Waals surface area (Å²) >= 11 is 0. The first-order chi connectivity index (χ1) is 16.3. The van der Waals surface area contributed by atoms with E-state index in [9.17, 15) is 22.8 Å². The summed E-state index contributed by atoms with van der Waals surface area (Å²) in [5, 5.41) is 13.6. The average Bonchev–Trinajstić information content (AvgIpc) is 3.16. The molecule has 3 atom stereocenters. The standard InChI is InChI=1S/C26H47N3O6S/c1-17(2)18-12-15-29(19(18)22(31)32)21(30)20(24(3,4)5)27-23(33)28-26(13-10-9-11-14-26)16-36(34,35)25(6,7)8/h17-20H,9-16H2,1-8H3,(H,31,32)(H2,27,28,33)/p+1/t18-,19+,20-/m1/s1. The van der Waals surface area contributed by atoms with Gasteiger partial charge in [-0.1, -0.05) is 53.9 Å². The van der Waals surface area contributed by atoms with Crippen molar-refractivity contribution in [1.82, 2.24) is 15.5 Å². The summed E-state index contributed by atoms with van der Waals surface area (Å²) < 4.78 is 25.2. The monoisotopic (exact) mass is 530 g/mol. The number of hydrogen-bond donors (Lipinski definition) is 2. The van der Waals surface area contributed by atoms with Gasteiger partial charge in [0.25, 0.3) is 0 Å².